The summed E-state index contributed by atoms with van der Waals surface area (Å²) < 4.78 is 5.80. The van der Waals surface area contributed by atoms with Crippen LogP contribution in [0, 0.1) is 0 Å². The van der Waals surface area contributed by atoms with E-state index >= 15 is 0 Å². The largest absolute Gasteiger partial charge is 0.455 e. The van der Waals surface area contributed by atoms with E-state index in [0.29, 0.717) is 6.54 Å². The first-order valence-electron chi connectivity index (χ1n) is 5.74. The van der Waals surface area contributed by atoms with Crippen LogP contribution < -0.4 is 10.5 Å². The van der Waals surface area contributed by atoms with E-state index in [0.717, 1.165) is 23.6 Å². The van der Waals surface area contributed by atoms with Gasteiger partial charge >= 0.3 is 0 Å². The minimum absolute atomic E-state index is 0.450. The molecule has 0 aliphatic rings. The zero-order valence-corrected chi connectivity index (χ0v) is 9.89. The van der Waals surface area contributed by atoms with Crippen molar-refractivity contribution in [3.05, 3.63) is 53.9 Å². The van der Waals surface area contributed by atoms with E-state index in [-0.39, 0.29) is 0 Å². The van der Waals surface area contributed by atoms with Crippen molar-refractivity contribution in [1.82, 2.24) is 4.98 Å². The third-order valence-electron chi connectivity index (χ3n) is 2.59. The average Bonchev–Trinajstić information content (AvgIpc) is 2.40. The highest BCUT2D eigenvalue weighted by Gasteiger charge is 2.02. The molecular formula is C14H16N2O. The molecule has 2 N–H and O–H groups in total. The fourth-order valence-electron chi connectivity index (χ4n) is 1.61. The predicted octanol–water partition coefficient (Wildman–Crippen LogP) is 2.90. The molecule has 1 aromatic carbocycles. The first-order valence-corrected chi connectivity index (χ1v) is 5.74. The maximum Gasteiger partial charge on any atom is 0.145 e. The molecule has 1 heterocycles. The van der Waals surface area contributed by atoms with E-state index in [2.05, 4.69) is 18.0 Å². The van der Waals surface area contributed by atoms with E-state index in [9.17, 15) is 0 Å². The van der Waals surface area contributed by atoms with E-state index in [1.807, 2.05) is 30.3 Å². The molecule has 2 rings (SSSR count). The van der Waals surface area contributed by atoms with Gasteiger partial charge in [0.25, 0.3) is 0 Å². The van der Waals surface area contributed by atoms with Gasteiger partial charge < -0.3 is 10.5 Å². The van der Waals surface area contributed by atoms with Crippen LogP contribution in [0.4, 0.5) is 0 Å². The number of rotatable bonds is 4. The van der Waals surface area contributed by atoms with Gasteiger partial charge in [-0.1, -0.05) is 25.1 Å². The topological polar surface area (TPSA) is 48.1 Å². The molecule has 88 valence electrons. The standard InChI is InChI=1S/C14H16N2O/c1-2-11-5-3-4-6-14(11)17-13-8-7-12(9-15)16-10-13/h3-8,10H,2,9,15H2,1H3. The molecule has 0 fully saturated rings. The summed E-state index contributed by atoms with van der Waals surface area (Å²) in [6.07, 6.45) is 2.65. The van der Waals surface area contributed by atoms with Crippen molar-refractivity contribution in [3.8, 4) is 11.5 Å². The lowest BCUT2D eigenvalue weighted by Gasteiger charge is -2.09. The van der Waals surface area contributed by atoms with Gasteiger partial charge in [0.05, 0.1) is 11.9 Å². The summed E-state index contributed by atoms with van der Waals surface area (Å²) >= 11 is 0. The maximum atomic E-state index is 5.80. The van der Waals surface area contributed by atoms with Crippen LogP contribution in [0.25, 0.3) is 0 Å². The summed E-state index contributed by atoms with van der Waals surface area (Å²) in [4.78, 5) is 4.20. The zero-order valence-electron chi connectivity index (χ0n) is 9.89. The van der Waals surface area contributed by atoms with Crippen molar-refractivity contribution in [3.63, 3.8) is 0 Å². The Bertz CT molecular complexity index is 480. The SMILES string of the molecule is CCc1ccccc1Oc1ccc(CN)nc1. The molecule has 0 unspecified atom stereocenters. The number of hydrogen-bond donors (Lipinski definition) is 1. The quantitative estimate of drug-likeness (QED) is 0.875. The molecule has 0 saturated carbocycles. The number of aryl methyl sites for hydroxylation is 1. The lowest BCUT2D eigenvalue weighted by atomic mass is 10.1. The normalized spacial score (nSPS) is 10.2. The first-order chi connectivity index (χ1) is 8.33. The van der Waals surface area contributed by atoms with Gasteiger partial charge in [-0.25, -0.2) is 0 Å². The van der Waals surface area contributed by atoms with Crippen molar-refractivity contribution in [1.29, 1.82) is 0 Å². The molecule has 0 aliphatic carbocycles. The van der Waals surface area contributed by atoms with Crippen molar-refractivity contribution < 1.29 is 4.74 Å². The van der Waals surface area contributed by atoms with Gasteiger partial charge in [0.1, 0.15) is 11.5 Å². The zero-order chi connectivity index (χ0) is 12.1. The van der Waals surface area contributed by atoms with Crippen LogP contribution >= 0.6 is 0 Å². The molecule has 17 heavy (non-hydrogen) atoms. The molecule has 0 aliphatic heterocycles. The Labute approximate surface area is 101 Å². The number of ether oxygens (including phenoxy) is 1. The minimum atomic E-state index is 0.450. The molecule has 0 amide bonds. The number of aromatic nitrogens is 1. The number of nitrogens with two attached hydrogens (primary N) is 1. The Morgan fingerprint density at radius 3 is 2.65 bits per heavy atom. The van der Waals surface area contributed by atoms with Crippen LogP contribution in [-0.2, 0) is 13.0 Å². The molecule has 0 radical (unpaired) electrons. The van der Waals surface area contributed by atoms with Crippen LogP contribution in [0.1, 0.15) is 18.2 Å². The number of benzene rings is 1. The minimum Gasteiger partial charge on any atom is -0.455 e. The molecule has 0 spiro atoms. The molecule has 2 aromatic rings. The van der Waals surface area contributed by atoms with Crippen LogP contribution in [0.15, 0.2) is 42.6 Å². The van der Waals surface area contributed by atoms with E-state index in [1.165, 1.54) is 5.56 Å². The summed E-state index contributed by atoms with van der Waals surface area (Å²) in [5, 5.41) is 0. The van der Waals surface area contributed by atoms with Gasteiger partial charge in [-0.2, -0.15) is 0 Å². The molecule has 1 aromatic heterocycles. The summed E-state index contributed by atoms with van der Waals surface area (Å²) in [5.74, 6) is 1.63. The highest BCUT2D eigenvalue weighted by atomic mass is 16.5. The summed E-state index contributed by atoms with van der Waals surface area (Å²) in [7, 11) is 0. The lowest BCUT2D eigenvalue weighted by Crippen LogP contribution is -1.99. The van der Waals surface area contributed by atoms with Crippen LogP contribution in [0.5, 0.6) is 11.5 Å². The van der Waals surface area contributed by atoms with Crippen LogP contribution in [0.3, 0.4) is 0 Å². The molecule has 3 nitrogen and oxygen atoms in total. The second-order valence-corrected chi connectivity index (χ2v) is 3.75. The van der Waals surface area contributed by atoms with E-state index in [1.54, 1.807) is 6.20 Å². The van der Waals surface area contributed by atoms with Crippen molar-refractivity contribution in [2.75, 3.05) is 0 Å². The summed E-state index contributed by atoms with van der Waals surface area (Å²) in [5.41, 5.74) is 7.55. The number of pyridine rings is 1. The highest BCUT2D eigenvalue weighted by molar-refractivity contribution is 5.37. The van der Waals surface area contributed by atoms with Crippen LogP contribution in [0.2, 0.25) is 0 Å². The molecular weight excluding hydrogens is 212 g/mol. The molecule has 0 atom stereocenters. The third kappa shape index (κ3) is 2.82. The van der Waals surface area contributed by atoms with Crippen molar-refractivity contribution in [2.45, 2.75) is 19.9 Å². The smallest absolute Gasteiger partial charge is 0.145 e. The van der Waals surface area contributed by atoms with Crippen LogP contribution in [-0.4, -0.2) is 4.98 Å². The van der Waals surface area contributed by atoms with Gasteiger partial charge in [0.15, 0.2) is 0 Å². The molecule has 0 saturated heterocycles. The van der Waals surface area contributed by atoms with Gasteiger partial charge in [-0.3, -0.25) is 4.98 Å². The number of nitrogens with zero attached hydrogens (tertiary/aromatic N) is 1. The first kappa shape index (κ1) is 11.6. The average molecular weight is 228 g/mol. The second-order valence-electron chi connectivity index (χ2n) is 3.75. The van der Waals surface area contributed by atoms with E-state index in [4.69, 9.17) is 10.5 Å². The Morgan fingerprint density at radius 1 is 1.18 bits per heavy atom. The Hall–Kier alpha value is -1.87. The molecule has 3 heteroatoms. The molecule has 0 bridgehead atoms. The van der Waals surface area contributed by atoms with Crippen molar-refractivity contribution >= 4 is 0 Å². The highest BCUT2D eigenvalue weighted by Crippen LogP contribution is 2.24. The second kappa shape index (κ2) is 5.46. The Kier molecular flexibility index (Phi) is 3.73. The summed E-state index contributed by atoms with van der Waals surface area (Å²) in [6.45, 7) is 2.56. The monoisotopic (exact) mass is 228 g/mol. The fourth-order valence-corrected chi connectivity index (χ4v) is 1.61. The Morgan fingerprint density at radius 2 is 2.00 bits per heavy atom. The van der Waals surface area contributed by atoms with Gasteiger partial charge in [-0.15, -0.1) is 0 Å². The number of para-hydroxylation sites is 1. The summed E-state index contributed by atoms with van der Waals surface area (Å²) in [6, 6.07) is 11.8. The van der Waals surface area contributed by atoms with Gasteiger partial charge in [0, 0.05) is 6.54 Å². The van der Waals surface area contributed by atoms with Gasteiger partial charge in [0.2, 0.25) is 0 Å². The lowest BCUT2D eigenvalue weighted by molar-refractivity contribution is 0.474. The third-order valence-corrected chi connectivity index (χ3v) is 2.59. The van der Waals surface area contributed by atoms with Gasteiger partial charge in [-0.05, 0) is 30.2 Å². The van der Waals surface area contributed by atoms with E-state index < -0.39 is 0 Å². The fraction of sp³-hybridized carbons (Fsp3) is 0.214. The predicted molar refractivity (Wildman–Crippen MR) is 68.0 cm³/mol. The van der Waals surface area contributed by atoms with Crippen molar-refractivity contribution in [2.24, 2.45) is 5.73 Å². The number of hydrogen-bond acceptors (Lipinski definition) is 3. The Balaban J connectivity index is 2.19. The maximum absolute atomic E-state index is 5.80.